The Bertz CT molecular complexity index is 488. The summed E-state index contributed by atoms with van der Waals surface area (Å²) in [4.78, 5) is 8.61. The highest BCUT2D eigenvalue weighted by Crippen LogP contribution is 2.15. The fraction of sp³-hybridized carbons (Fsp3) is 0.429. The predicted molar refractivity (Wildman–Crippen MR) is 73.8 cm³/mol. The monoisotopic (exact) mass is 244 g/mol. The van der Waals surface area contributed by atoms with Crippen molar-refractivity contribution < 1.29 is 0 Å². The molecule has 4 nitrogen and oxygen atoms in total. The van der Waals surface area contributed by atoms with Crippen molar-refractivity contribution in [2.24, 2.45) is 0 Å². The van der Waals surface area contributed by atoms with Gasteiger partial charge in [-0.3, -0.25) is 4.98 Å². The number of aromatic nitrogens is 3. The molecular formula is C14H20N4. The van der Waals surface area contributed by atoms with E-state index in [9.17, 15) is 0 Å². The molecule has 0 fully saturated rings. The third-order valence-corrected chi connectivity index (χ3v) is 2.83. The van der Waals surface area contributed by atoms with Crippen molar-refractivity contribution in [1.82, 2.24) is 14.5 Å². The molecule has 0 aromatic carbocycles. The first-order valence-electron chi connectivity index (χ1n) is 6.35. The molecule has 2 rings (SSSR count). The van der Waals surface area contributed by atoms with Gasteiger partial charge in [0.1, 0.15) is 0 Å². The van der Waals surface area contributed by atoms with Crippen LogP contribution in [0.5, 0.6) is 0 Å². The highest BCUT2D eigenvalue weighted by Gasteiger charge is 2.07. The van der Waals surface area contributed by atoms with Crippen molar-refractivity contribution in [3.63, 3.8) is 0 Å². The first-order valence-corrected chi connectivity index (χ1v) is 6.35. The van der Waals surface area contributed by atoms with Gasteiger partial charge in [0.05, 0.1) is 5.69 Å². The molecule has 0 atom stereocenters. The molecule has 4 heteroatoms. The van der Waals surface area contributed by atoms with Crippen LogP contribution in [-0.4, -0.2) is 21.1 Å². The van der Waals surface area contributed by atoms with Crippen LogP contribution in [0.3, 0.4) is 0 Å². The SMILES string of the molecule is Cc1cn(C(C)C)c(NCCc2cccnc2)n1. The Labute approximate surface area is 108 Å². The molecule has 0 amide bonds. The summed E-state index contributed by atoms with van der Waals surface area (Å²) < 4.78 is 2.17. The van der Waals surface area contributed by atoms with Gasteiger partial charge in [0, 0.05) is 31.2 Å². The highest BCUT2D eigenvalue weighted by atomic mass is 15.2. The van der Waals surface area contributed by atoms with Crippen LogP contribution in [0.2, 0.25) is 0 Å². The van der Waals surface area contributed by atoms with E-state index < -0.39 is 0 Å². The minimum Gasteiger partial charge on any atom is -0.355 e. The second kappa shape index (κ2) is 5.67. The van der Waals surface area contributed by atoms with E-state index in [1.54, 1.807) is 6.20 Å². The van der Waals surface area contributed by atoms with Gasteiger partial charge in [0.15, 0.2) is 0 Å². The summed E-state index contributed by atoms with van der Waals surface area (Å²) in [7, 11) is 0. The number of aryl methyl sites for hydroxylation is 1. The molecule has 0 aliphatic carbocycles. The molecule has 0 saturated heterocycles. The number of rotatable bonds is 5. The van der Waals surface area contributed by atoms with Crippen LogP contribution in [-0.2, 0) is 6.42 Å². The Balaban J connectivity index is 1.94. The summed E-state index contributed by atoms with van der Waals surface area (Å²) in [6.45, 7) is 7.21. The van der Waals surface area contributed by atoms with Crippen LogP contribution in [0.1, 0.15) is 31.1 Å². The molecule has 0 saturated carbocycles. The topological polar surface area (TPSA) is 42.7 Å². The van der Waals surface area contributed by atoms with Gasteiger partial charge in [-0.2, -0.15) is 0 Å². The van der Waals surface area contributed by atoms with E-state index in [4.69, 9.17) is 0 Å². The Kier molecular flexibility index (Phi) is 3.97. The van der Waals surface area contributed by atoms with Gasteiger partial charge in [0.25, 0.3) is 0 Å². The molecule has 0 radical (unpaired) electrons. The van der Waals surface area contributed by atoms with Crippen molar-refractivity contribution in [3.05, 3.63) is 42.0 Å². The molecule has 2 aromatic heterocycles. The standard InChI is InChI=1S/C14H20N4/c1-11(2)18-10-12(3)17-14(18)16-8-6-13-5-4-7-15-9-13/h4-5,7,9-11H,6,8H2,1-3H3,(H,16,17). The largest absolute Gasteiger partial charge is 0.355 e. The third-order valence-electron chi connectivity index (χ3n) is 2.83. The van der Waals surface area contributed by atoms with Gasteiger partial charge >= 0.3 is 0 Å². The van der Waals surface area contributed by atoms with Crippen LogP contribution >= 0.6 is 0 Å². The number of nitrogens with zero attached hydrogens (tertiary/aromatic N) is 3. The van der Waals surface area contributed by atoms with E-state index in [-0.39, 0.29) is 0 Å². The quantitative estimate of drug-likeness (QED) is 0.879. The third kappa shape index (κ3) is 3.09. The lowest BCUT2D eigenvalue weighted by molar-refractivity contribution is 0.604. The lowest BCUT2D eigenvalue weighted by Crippen LogP contribution is -2.11. The van der Waals surface area contributed by atoms with E-state index in [0.29, 0.717) is 6.04 Å². The molecule has 18 heavy (non-hydrogen) atoms. The number of hydrogen-bond acceptors (Lipinski definition) is 3. The minimum absolute atomic E-state index is 0.423. The second-order valence-corrected chi connectivity index (χ2v) is 4.74. The Morgan fingerprint density at radius 3 is 2.89 bits per heavy atom. The molecule has 0 aliphatic heterocycles. The lowest BCUT2D eigenvalue weighted by atomic mass is 10.2. The minimum atomic E-state index is 0.423. The van der Waals surface area contributed by atoms with Crippen LogP contribution in [0.15, 0.2) is 30.7 Å². The van der Waals surface area contributed by atoms with Gasteiger partial charge in [-0.25, -0.2) is 4.98 Å². The summed E-state index contributed by atoms with van der Waals surface area (Å²) in [5.74, 6) is 0.950. The van der Waals surface area contributed by atoms with E-state index in [1.807, 2.05) is 19.2 Å². The number of imidazole rings is 1. The van der Waals surface area contributed by atoms with Crippen LogP contribution in [0.25, 0.3) is 0 Å². The van der Waals surface area contributed by atoms with Crippen molar-refractivity contribution in [1.29, 1.82) is 0 Å². The van der Waals surface area contributed by atoms with Gasteiger partial charge in [-0.1, -0.05) is 6.07 Å². The Hall–Kier alpha value is -1.84. The summed E-state index contributed by atoms with van der Waals surface area (Å²) in [6, 6.07) is 4.48. The fourth-order valence-electron chi connectivity index (χ4n) is 1.91. The molecular weight excluding hydrogens is 224 g/mol. The predicted octanol–water partition coefficient (Wildman–Crippen LogP) is 2.82. The first kappa shape index (κ1) is 12.6. The maximum Gasteiger partial charge on any atom is 0.203 e. The summed E-state index contributed by atoms with van der Waals surface area (Å²) in [6.07, 6.45) is 6.74. The molecule has 0 aliphatic rings. The van der Waals surface area contributed by atoms with Gasteiger partial charge in [0.2, 0.25) is 5.95 Å². The van der Waals surface area contributed by atoms with E-state index in [0.717, 1.165) is 24.6 Å². The van der Waals surface area contributed by atoms with Crippen LogP contribution < -0.4 is 5.32 Å². The zero-order valence-electron chi connectivity index (χ0n) is 11.2. The fourth-order valence-corrected chi connectivity index (χ4v) is 1.91. The molecule has 0 bridgehead atoms. The molecule has 2 heterocycles. The average Bonchev–Trinajstić information content (AvgIpc) is 2.72. The normalized spacial score (nSPS) is 10.9. The molecule has 0 unspecified atom stereocenters. The number of nitrogens with one attached hydrogen (secondary N) is 1. The first-order chi connectivity index (χ1) is 8.66. The Morgan fingerprint density at radius 2 is 2.22 bits per heavy atom. The highest BCUT2D eigenvalue weighted by molar-refractivity contribution is 5.29. The summed E-state index contributed by atoms with van der Waals surface area (Å²) in [5, 5.41) is 3.39. The van der Waals surface area contributed by atoms with Gasteiger partial charge in [-0.15, -0.1) is 0 Å². The molecule has 2 aromatic rings. The van der Waals surface area contributed by atoms with Crippen LogP contribution in [0, 0.1) is 6.92 Å². The zero-order valence-corrected chi connectivity index (χ0v) is 11.2. The van der Waals surface area contributed by atoms with E-state index in [2.05, 4.69) is 46.0 Å². The van der Waals surface area contributed by atoms with Crippen LogP contribution in [0.4, 0.5) is 5.95 Å². The molecule has 0 spiro atoms. The maximum atomic E-state index is 4.50. The number of anilines is 1. The maximum absolute atomic E-state index is 4.50. The second-order valence-electron chi connectivity index (χ2n) is 4.74. The van der Waals surface area contributed by atoms with E-state index in [1.165, 1.54) is 5.56 Å². The Morgan fingerprint density at radius 1 is 1.39 bits per heavy atom. The summed E-state index contributed by atoms with van der Waals surface area (Å²) >= 11 is 0. The van der Waals surface area contributed by atoms with Gasteiger partial charge < -0.3 is 9.88 Å². The van der Waals surface area contributed by atoms with Crippen molar-refractivity contribution in [2.75, 3.05) is 11.9 Å². The average molecular weight is 244 g/mol. The van der Waals surface area contributed by atoms with Crippen molar-refractivity contribution in [3.8, 4) is 0 Å². The van der Waals surface area contributed by atoms with E-state index >= 15 is 0 Å². The van der Waals surface area contributed by atoms with Crippen molar-refractivity contribution >= 4 is 5.95 Å². The summed E-state index contributed by atoms with van der Waals surface area (Å²) in [5.41, 5.74) is 2.29. The lowest BCUT2D eigenvalue weighted by Gasteiger charge is -2.12. The van der Waals surface area contributed by atoms with Crippen molar-refractivity contribution in [2.45, 2.75) is 33.2 Å². The van der Waals surface area contributed by atoms with Gasteiger partial charge in [-0.05, 0) is 38.8 Å². The molecule has 96 valence electrons. The smallest absolute Gasteiger partial charge is 0.203 e. The molecule has 1 N–H and O–H groups in total. The number of pyridine rings is 1. The number of hydrogen-bond donors (Lipinski definition) is 1. The zero-order chi connectivity index (χ0) is 13.0.